The second-order valence-corrected chi connectivity index (χ2v) is 14.0. The van der Waals surface area contributed by atoms with Gasteiger partial charge >= 0.3 is 0 Å². The van der Waals surface area contributed by atoms with Crippen molar-refractivity contribution >= 4 is 35.7 Å². The molecule has 1 atom stereocenters. The monoisotopic (exact) mass is 525 g/mol. The van der Waals surface area contributed by atoms with Crippen molar-refractivity contribution in [2.45, 2.75) is 5.78 Å². The number of benzene rings is 5. The zero-order valence-corrected chi connectivity index (χ0v) is 21.8. The molecule has 0 bridgehead atoms. The van der Waals surface area contributed by atoms with Gasteiger partial charge in [-0.1, -0.05) is 115 Å². The Morgan fingerprint density at radius 3 is 1.24 bits per heavy atom. The van der Waals surface area contributed by atoms with Crippen LogP contribution in [-0.4, -0.2) is 0 Å². The Bertz CT molecular complexity index is 1480. The lowest BCUT2D eigenvalue weighted by atomic mass is 10.2. The molecular formula is C31H26FNO2P2. The molecule has 3 nitrogen and oxygen atoms in total. The first-order valence-corrected chi connectivity index (χ1v) is 15.5. The Labute approximate surface area is 216 Å². The molecule has 0 aliphatic rings. The van der Waals surface area contributed by atoms with Crippen molar-refractivity contribution in [2.24, 2.45) is 0 Å². The molecule has 0 radical (unpaired) electrons. The van der Waals surface area contributed by atoms with Crippen molar-refractivity contribution in [3.63, 3.8) is 0 Å². The van der Waals surface area contributed by atoms with Gasteiger partial charge in [-0.25, -0.2) is 9.48 Å². The van der Waals surface area contributed by atoms with Crippen LogP contribution in [0.5, 0.6) is 0 Å². The highest BCUT2D eigenvalue weighted by molar-refractivity contribution is 7.81. The molecular weight excluding hydrogens is 499 g/mol. The molecule has 5 aromatic carbocycles. The Kier molecular flexibility index (Phi) is 7.35. The van der Waals surface area contributed by atoms with Gasteiger partial charge in [-0.2, -0.15) is 0 Å². The van der Waals surface area contributed by atoms with Crippen LogP contribution < -0.4 is 26.3 Å². The van der Waals surface area contributed by atoms with E-state index in [4.69, 9.17) is 0 Å². The van der Waals surface area contributed by atoms with E-state index in [2.05, 4.69) is 5.09 Å². The third-order valence-electron chi connectivity index (χ3n) is 6.39. The number of hydrogen-bond donors (Lipinski definition) is 1. The molecule has 184 valence electrons. The Morgan fingerprint density at radius 1 is 0.486 bits per heavy atom. The van der Waals surface area contributed by atoms with E-state index in [-0.39, 0.29) is 5.56 Å². The third kappa shape index (κ3) is 4.89. The van der Waals surface area contributed by atoms with E-state index >= 15 is 13.5 Å². The fourth-order valence-corrected chi connectivity index (χ4v) is 10.7. The van der Waals surface area contributed by atoms with Crippen molar-refractivity contribution in [1.82, 2.24) is 5.09 Å². The SMILES string of the molecule is O=P(N[C@@H](c1ccccc1F)P(=O)(c1ccccc1)c1ccccc1)(c1ccccc1)c1ccccc1. The minimum atomic E-state index is -3.64. The Hall–Kier alpha value is -3.55. The highest BCUT2D eigenvalue weighted by Gasteiger charge is 2.43. The minimum Gasteiger partial charge on any atom is -0.312 e. The smallest absolute Gasteiger partial charge is 0.205 e. The first kappa shape index (κ1) is 25.1. The van der Waals surface area contributed by atoms with E-state index in [0.29, 0.717) is 21.2 Å². The molecule has 5 aromatic rings. The van der Waals surface area contributed by atoms with Gasteiger partial charge in [0, 0.05) is 26.8 Å². The van der Waals surface area contributed by atoms with E-state index in [1.165, 1.54) is 6.07 Å². The van der Waals surface area contributed by atoms with Gasteiger partial charge in [-0.05, 0) is 30.3 Å². The van der Waals surface area contributed by atoms with Crippen molar-refractivity contribution < 1.29 is 13.5 Å². The van der Waals surface area contributed by atoms with Gasteiger partial charge in [0.2, 0.25) is 7.29 Å². The molecule has 0 amide bonds. The summed E-state index contributed by atoms with van der Waals surface area (Å²) in [5, 5.41) is 5.51. The zero-order valence-electron chi connectivity index (χ0n) is 20.0. The quantitative estimate of drug-likeness (QED) is 0.240. The summed E-state index contributed by atoms with van der Waals surface area (Å²) in [5.74, 6) is -1.62. The first-order chi connectivity index (χ1) is 18.0. The van der Waals surface area contributed by atoms with E-state index in [9.17, 15) is 0 Å². The van der Waals surface area contributed by atoms with Gasteiger partial charge in [0.05, 0.1) is 0 Å². The summed E-state index contributed by atoms with van der Waals surface area (Å²) in [6.07, 6.45) is 0. The lowest BCUT2D eigenvalue weighted by Crippen LogP contribution is -2.35. The molecule has 0 aromatic heterocycles. The summed E-state index contributed by atoms with van der Waals surface area (Å²) in [6, 6.07) is 42.5. The molecule has 37 heavy (non-hydrogen) atoms. The number of halogens is 1. The van der Waals surface area contributed by atoms with E-state index in [1.807, 2.05) is 72.8 Å². The summed E-state index contributed by atoms with van der Waals surface area (Å²) in [6.45, 7) is 0. The van der Waals surface area contributed by atoms with Gasteiger partial charge in [0.15, 0.2) is 7.14 Å². The lowest BCUT2D eigenvalue weighted by Gasteiger charge is -2.34. The highest BCUT2D eigenvalue weighted by Crippen LogP contribution is 2.60. The van der Waals surface area contributed by atoms with Crippen molar-refractivity contribution in [3.8, 4) is 0 Å². The normalized spacial score (nSPS) is 12.7. The highest BCUT2D eigenvalue weighted by atomic mass is 31.2. The van der Waals surface area contributed by atoms with Crippen LogP contribution in [-0.2, 0) is 9.13 Å². The van der Waals surface area contributed by atoms with Crippen LogP contribution in [0.25, 0.3) is 0 Å². The Morgan fingerprint density at radius 2 is 0.838 bits per heavy atom. The van der Waals surface area contributed by atoms with E-state index < -0.39 is 26.0 Å². The maximum absolute atomic E-state index is 15.5. The van der Waals surface area contributed by atoms with E-state index in [1.54, 1.807) is 66.7 Å². The van der Waals surface area contributed by atoms with Crippen molar-refractivity contribution in [1.29, 1.82) is 0 Å². The first-order valence-electron chi connectivity index (χ1n) is 12.0. The number of nitrogens with one attached hydrogen (secondary N) is 1. The molecule has 0 saturated carbocycles. The summed E-state index contributed by atoms with van der Waals surface area (Å²) in [5.41, 5.74) is 0.200. The van der Waals surface area contributed by atoms with Gasteiger partial charge in [0.1, 0.15) is 11.6 Å². The van der Waals surface area contributed by atoms with Crippen LogP contribution in [0.3, 0.4) is 0 Å². The zero-order chi connectivity index (χ0) is 25.7. The number of hydrogen-bond acceptors (Lipinski definition) is 2. The lowest BCUT2D eigenvalue weighted by molar-refractivity contribution is 0.553. The third-order valence-corrected chi connectivity index (χ3v) is 12.5. The Balaban J connectivity index is 1.80. The fraction of sp³-hybridized carbons (Fsp3) is 0.0323. The van der Waals surface area contributed by atoms with Gasteiger partial charge in [-0.3, -0.25) is 4.57 Å². The molecule has 5 rings (SSSR count). The van der Waals surface area contributed by atoms with Gasteiger partial charge in [-0.15, -0.1) is 0 Å². The molecule has 0 aliphatic heterocycles. The van der Waals surface area contributed by atoms with Crippen LogP contribution >= 0.6 is 14.4 Å². The summed E-state index contributed by atoms with van der Waals surface area (Å²) >= 11 is 0. The summed E-state index contributed by atoms with van der Waals surface area (Å²) < 4.78 is 46.1. The molecule has 0 unspecified atom stereocenters. The molecule has 1 N–H and O–H groups in total. The summed E-state index contributed by atoms with van der Waals surface area (Å²) in [7, 11) is -7.24. The second kappa shape index (κ2) is 10.8. The van der Waals surface area contributed by atoms with Crippen LogP contribution in [0.15, 0.2) is 146 Å². The second-order valence-electron chi connectivity index (χ2n) is 8.66. The molecule has 6 heteroatoms. The maximum Gasteiger partial charge on any atom is 0.205 e. The fourth-order valence-electron chi connectivity index (χ4n) is 4.54. The minimum absolute atomic E-state index is 0.200. The van der Waals surface area contributed by atoms with Crippen LogP contribution in [0.4, 0.5) is 4.39 Å². The topological polar surface area (TPSA) is 46.2 Å². The molecule has 0 heterocycles. The predicted molar refractivity (Wildman–Crippen MR) is 152 cm³/mol. The average Bonchev–Trinajstić information content (AvgIpc) is 2.98. The van der Waals surface area contributed by atoms with Crippen LogP contribution in [0.1, 0.15) is 11.3 Å². The maximum atomic E-state index is 15.5. The van der Waals surface area contributed by atoms with Crippen LogP contribution in [0.2, 0.25) is 0 Å². The molecule has 0 aliphatic carbocycles. The standard InChI is InChI=1S/C31H26FNO2P2/c32-30-24-14-13-23-29(30)31(36(34,25-15-5-1-6-16-25)26-17-7-2-8-18-26)33-37(35,27-19-9-3-10-20-27)28-21-11-4-12-22-28/h1-24,31H,(H,33,35)/t31-/m1/s1. The largest absolute Gasteiger partial charge is 0.312 e. The van der Waals surface area contributed by atoms with Crippen LogP contribution in [0, 0.1) is 5.82 Å². The number of rotatable bonds is 8. The molecule has 0 fully saturated rings. The molecule has 0 spiro atoms. The van der Waals surface area contributed by atoms with Gasteiger partial charge in [0.25, 0.3) is 0 Å². The average molecular weight is 526 g/mol. The summed E-state index contributed by atoms with van der Waals surface area (Å²) in [4.78, 5) is 0. The molecule has 0 saturated heterocycles. The van der Waals surface area contributed by atoms with Crippen molar-refractivity contribution in [3.05, 3.63) is 157 Å². The van der Waals surface area contributed by atoms with Crippen molar-refractivity contribution in [2.75, 3.05) is 0 Å². The van der Waals surface area contributed by atoms with E-state index in [0.717, 1.165) is 0 Å². The predicted octanol–water partition coefficient (Wildman–Crippen LogP) is 6.36. The van der Waals surface area contributed by atoms with Gasteiger partial charge < -0.3 is 4.57 Å².